The van der Waals surface area contributed by atoms with Crippen LogP contribution in [-0.2, 0) is 9.59 Å². The van der Waals surface area contributed by atoms with Gasteiger partial charge in [0, 0.05) is 31.6 Å². The standard InChI is InChI=1S/C16H31N3O2.ClH/c1-5-16(6-2,11-17)15(21)19-9-7-13(8-10-19)18-14(20)12(3)4;/h12-13H,5-11,17H2,1-4H3,(H,18,20);1H. The molecule has 1 aliphatic heterocycles. The van der Waals surface area contributed by atoms with Gasteiger partial charge in [-0.25, -0.2) is 0 Å². The fourth-order valence-electron chi connectivity index (χ4n) is 2.86. The summed E-state index contributed by atoms with van der Waals surface area (Å²) in [6.45, 7) is 9.68. The van der Waals surface area contributed by atoms with E-state index in [-0.39, 0.29) is 36.2 Å². The van der Waals surface area contributed by atoms with Crippen molar-refractivity contribution >= 4 is 24.2 Å². The van der Waals surface area contributed by atoms with E-state index in [4.69, 9.17) is 5.73 Å². The highest BCUT2D eigenvalue weighted by atomic mass is 35.5. The molecule has 1 aliphatic rings. The Bertz CT molecular complexity index is 354. The zero-order chi connectivity index (χ0) is 16.0. The minimum atomic E-state index is -0.409. The largest absolute Gasteiger partial charge is 0.353 e. The van der Waals surface area contributed by atoms with Crippen molar-refractivity contribution in [1.82, 2.24) is 10.2 Å². The van der Waals surface area contributed by atoms with E-state index in [1.54, 1.807) is 0 Å². The molecule has 0 atom stereocenters. The van der Waals surface area contributed by atoms with Crippen LogP contribution in [0.5, 0.6) is 0 Å². The maximum absolute atomic E-state index is 12.7. The lowest BCUT2D eigenvalue weighted by Crippen LogP contribution is -2.53. The molecule has 5 nitrogen and oxygen atoms in total. The first-order chi connectivity index (χ1) is 9.90. The molecular weight excluding hydrogens is 302 g/mol. The number of likely N-dealkylation sites (tertiary alicyclic amines) is 1. The topological polar surface area (TPSA) is 75.4 Å². The molecule has 0 aliphatic carbocycles. The molecule has 0 unspecified atom stereocenters. The van der Waals surface area contributed by atoms with Gasteiger partial charge in [-0.15, -0.1) is 12.4 Å². The summed E-state index contributed by atoms with van der Waals surface area (Å²) < 4.78 is 0. The second-order valence-electron chi connectivity index (χ2n) is 6.42. The van der Waals surface area contributed by atoms with E-state index >= 15 is 0 Å². The SMILES string of the molecule is CCC(CC)(CN)C(=O)N1CCC(NC(=O)C(C)C)CC1.Cl. The number of nitrogens with one attached hydrogen (secondary N) is 1. The van der Waals surface area contributed by atoms with Gasteiger partial charge in [0.05, 0.1) is 5.41 Å². The van der Waals surface area contributed by atoms with Crippen molar-refractivity contribution in [3.05, 3.63) is 0 Å². The molecule has 22 heavy (non-hydrogen) atoms. The Hall–Kier alpha value is -0.810. The van der Waals surface area contributed by atoms with Gasteiger partial charge >= 0.3 is 0 Å². The van der Waals surface area contributed by atoms with Gasteiger partial charge in [0.15, 0.2) is 0 Å². The van der Waals surface area contributed by atoms with E-state index in [9.17, 15) is 9.59 Å². The molecule has 1 rings (SSSR count). The van der Waals surface area contributed by atoms with Crippen LogP contribution in [0.1, 0.15) is 53.4 Å². The first-order valence-corrected chi connectivity index (χ1v) is 8.20. The van der Waals surface area contributed by atoms with Crippen LogP contribution in [0.3, 0.4) is 0 Å². The van der Waals surface area contributed by atoms with Gasteiger partial charge < -0.3 is 16.0 Å². The molecule has 1 heterocycles. The molecule has 1 saturated heterocycles. The van der Waals surface area contributed by atoms with E-state index < -0.39 is 5.41 Å². The number of carbonyl (C=O) groups excluding carboxylic acids is 2. The predicted octanol–water partition coefficient (Wildman–Crippen LogP) is 1.94. The number of carbonyl (C=O) groups is 2. The van der Waals surface area contributed by atoms with Crippen LogP contribution in [-0.4, -0.2) is 42.4 Å². The molecular formula is C16H32ClN3O2. The average Bonchev–Trinajstić information content (AvgIpc) is 2.50. The van der Waals surface area contributed by atoms with Crippen molar-refractivity contribution in [3.8, 4) is 0 Å². The summed E-state index contributed by atoms with van der Waals surface area (Å²) in [5, 5.41) is 3.06. The fourth-order valence-corrected chi connectivity index (χ4v) is 2.86. The Balaban J connectivity index is 0.00000441. The van der Waals surface area contributed by atoms with Crippen LogP contribution in [0.25, 0.3) is 0 Å². The van der Waals surface area contributed by atoms with Crippen molar-refractivity contribution in [1.29, 1.82) is 0 Å². The minimum Gasteiger partial charge on any atom is -0.353 e. The smallest absolute Gasteiger partial charge is 0.230 e. The van der Waals surface area contributed by atoms with Crippen LogP contribution >= 0.6 is 12.4 Å². The lowest BCUT2D eigenvalue weighted by molar-refractivity contribution is -0.143. The molecule has 0 radical (unpaired) electrons. The zero-order valence-electron chi connectivity index (χ0n) is 14.4. The van der Waals surface area contributed by atoms with Crippen molar-refractivity contribution in [2.75, 3.05) is 19.6 Å². The monoisotopic (exact) mass is 333 g/mol. The summed E-state index contributed by atoms with van der Waals surface area (Å²) in [4.78, 5) is 26.4. The van der Waals surface area contributed by atoms with Crippen molar-refractivity contribution in [2.24, 2.45) is 17.1 Å². The number of nitrogens with zero attached hydrogens (tertiary/aromatic N) is 1. The summed E-state index contributed by atoms with van der Waals surface area (Å²) in [5.41, 5.74) is 5.45. The molecule has 0 aromatic heterocycles. The maximum Gasteiger partial charge on any atom is 0.230 e. The number of amides is 2. The lowest BCUT2D eigenvalue weighted by Gasteiger charge is -2.39. The average molecular weight is 334 g/mol. The number of piperidine rings is 1. The Labute approximate surface area is 140 Å². The third-order valence-corrected chi connectivity index (χ3v) is 4.85. The van der Waals surface area contributed by atoms with E-state index in [0.717, 1.165) is 25.7 Å². The second-order valence-corrected chi connectivity index (χ2v) is 6.42. The number of hydrogen-bond acceptors (Lipinski definition) is 3. The third kappa shape index (κ3) is 4.85. The Kier molecular flexibility index (Phi) is 9.01. The predicted molar refractivity (Wildman–Crippen MR) is 91.9 cm³/mol. The number of hydrogen-bond donors (Lipinski definition) is 2. The second kappa shape index (κ2) is 9.36. The van der Waals surface area contributed by atoms with Crippen LogP contribution in [0.4, 0.5) is 0 Å². The van der Waals surface area contributed by atoms with Gasteiger partial charge in [-0.1, -0.05) is 27.7 Å². The van der Waals surface area contributed by atoms with E-state index in [1.807, 2.05) is 32.6 Å². The normalized spacial score (nSPS) is 16.4. The molecule has 6 heteroatoms. The highest BCUT2D eigenvalue weighted by Gasteiger charge is 2.38. The fraction of sp³-hybridized carbons (Fsp3) is 0.875. The first kappa shape index (κ1) is 21.2. The maximum atomic E-state index is 12.7. The van der Waals surface area contributed by atoms with Crippen molar-refractivity contribution < 1.29 is 9.59 Å². The lowest BCUT2D eigenvalue weighted by atomic mass is 9.80. The number of halogens is 1. The van der Waals surface area contributed by atoms with Crippen molar-refractivity contribution in [2.45, 2.75) is 59.4 Å². The van der Waals surface area contributed by atoms with Crippen LogP contribution in [0, 0.1) is 11.3 Å². The number of rotatable bonds is 6. The quantitative estimate of drug-likeness (QED) is 0.780. The van der Waals surface area contributed by atoms with Gasteiger partial charge in [-0.2, -0.15) is 0 Å². The van der Waals surface area contributed by atoms with Crippen LogP contribution in [0.15, 0.2) is 0 Å². The van der Waals surface area contributed by atoms with Gasteiger partial charge in [-0.05, 0) is 25.7 Å². The Morgan fingerprint density at radius 3 is 2.09 bits per heavy atom. The first-order valence-electron chi connectivity index (χ1n) is 8.20. The highest BCUT2D eigenvalue weighted by molar-refractivity contribution is 5.85. The Morgan fingerprint density at radius 1 is 1.23 bits per heavy atom. The molecule has 130 valence electrons. The van der Waals surface area contributed by atoms with E-state index in [2.05, 4.69) is 5.32 Å². The van der Waals surface area contributed by atoms with Gasteiger partial charge in [-0.3, -0.25) is 9.59 Å². The van der Waals surface area contributed by atoms with Gasteiger partial charge in [0.2, 0.25) is 11.8 Å². The molecule has 0 aromatic carbocycles. The third-order valence-electron chi connectivity index (χ3n) is 4.85. The van der Waals surface area contributed by atoms with Crippen molar-refractivity contribution in [3.63, 3.8) is 0 Å². The molecule has 1 fully saturated rings. The van der Waals surface area contributed by atoms with Gasteiger partial charge in [0.1, 0.15) is 0 Å². The minimum absolute atomic E-state index is 0. The van der Waals surface area contributed by atoms with E-state index in [1.165, 1.54) is 0 Å². The number of nitrogens with two attached hydrogens (primary N) is 1. The van der Waals surface area contributed by atoms with Crippen LogP contribution < -0.4 is 11.1 Å². The summed E-state index contributed by atoms with van der Waals surface area (Å²) in [6.07, 6.45) is 3.22. The summed E-state index contributed by atoms with van der Waals surface area (Å²) in [5.74, 6) is 0.288. The summed E-state index contributed by atoms with van der Waals surface area (Å²) in [6, 6.07) is 0.194. The molecule has 0 saturated carbocycles. The molecule has 2 amide bonds. The molecule has 0 bridgehead atoms. The highest BCUT2D eigenvalue weighted by Crippen LogP contribution is 2.29. The van der Waals surface area contributed by atoms with Gasteiger partial charge in [0.25, 0.3) is 0 Å². The zero-order valence-corrected chi connectivity index (χ0v) is 15.2. The summed E-state index contributed by atoms with van der Waals surface area (Å²) >= 11 is 0. The molecule has 0 spiro atoms. The van der Waals surface area contributed by atoms with E-state index in [0.29, 0.717) is 19.6 Å². The molecule has 3 N–H and O–H groups in total. The molecule has 0 aromatic rings. The Morgan fingerprint density at radius 2 is 1.73 bits per heavy atom. The summed E-state index contributed by atoms with van der Waals surface area (Å²) in [7, 11) is 0. The van der Waals surface area contributed by atoms with Crippen LogP contribution in [0.2, 0.25) is 0 Å².